The van der Waals surface area contributed by atoms with Crippen molar-refractivity contribution in [3.63, 3.8) is 0 Å². The number of rotatable bonds is 7. The van der Waals surface area contributed by atoms with E-state index in [9.17, 15) is 18.8 Å². The molecular formula is C21H20FN7O4. The number of hydrogen-bond donors (Lipinski definition) is 2. The molecule has 2 N–H and O–H groups in total. The Morgan fingerprint density at radius 1 is 1.18 bits per heavy atom. The van der Waals surface area contributed by atoms with E-state index >= 15 is 0 Å². The summed E-state index contributed by atoms with van der Waals surface area (Å²) in [6, 6.07) is 7.17. The van der Waals surface area contributed by atoms with Gasteiger partial charge in [-0.3, -0.25) is 19.4 Å². The van der Waals surface area contributed by atoms with Crippen molar-refractivity contribution in [2.45, 2.75) is 26.7 Å². The van der Waals surface area contributed by atoms with Crippen LogP contribution in [0.4, 0.5) is 10.2 Å². The number of anilines is 1. The van der Waals surface area contributed by atoms with Gasteiger partial charge in [-0.05, 0) is 38.1 Å². The topological polar surface area (TPSA) is 137 Å². The summed E-state index contributed by atoms with van der Waals surface area (Å²) in [5.41, 5.74) is 0.842. The summed E-state index contributed by atoms with van der Waals surface area (Å²) in [7, 11) is 0. The van der Waals surface area contributed by atoms with Gasteiger partial charge >= 0.3 is 5.97 Å². The first-order valence-corrected chi connectivity index (χ1v) is 10.1. The number of esters is 1. The maximum absolute atomic E-state index is 13.3. The van der Waals surface area contributed by atoms with Gasteiger partial charge < -0.3 is 10.1 Å². The first-order valence-electron chi connectivity index (χ1n) is 10.1. The van der Waals surface area contributed by atoms with E-state index < -0.39 is 23.3 Å². The number of aryl methyl sites for hydroxylation is 1. The van der Waals surface area contributed by atoms with Crippen LogP contribution >= 0.6 is 0 Å². The van der Waals surface area contributed by atoms with E-state index in [2.05, 4.69) is 25.5 Å². The van der Waals surface area contributed by atoms with Crippen molar-refractivity contribution >= 4 is 28.7 Å². The monoisotopic (exact) mass is 453 g/mol. The number of fused-ring (bicyclic) bond motifs is 1. The highest BCUT2D eigenvalue weighted by Crippen LogP contribution is 2.18. The van der Waals surface area contributed by atoms with Crippen LogP contribution in [0, 0.1) is 12.7 Å². The minimum Gasteiger partial charge on any atom is -0.466 e. The smallest absolute Gasteiger partial charge is 0.306 e. The molecule has 0 saturated carbocycles. The summed E-state index contributed by atoms with van der Waals surface area (Å²) < 4.78 is 20.8. The van der Waals surface area contributed by atoms with Crippen LogP contribution in [0.3, 0.4) is 0 Å². The van der Waals surface area contributed by atoms with E-state index in [1.165, 1.54) is 39.8 Å². The first kappa shape index (κ1) is 21.9. The Kier molecular flexibility index (Phi) is 5.98. The number of amides is 1. The summed E-state index contributed by atoms with van der Waals surface area (Å²) in [5, 5.41) is 11.4. The van der Waals surface area contributed by atoms with Crippen molar-refractivity contribution in [3.05, 3.63) is 58.4 Å². The van der Waals surface area contributed by atoms with Crippen molar-refractivity contribution in [3.8, 4) is 11.6 Å². The van der Waals surface area contributed by atoms with Crippen LogP contribution in [0.2, 0.25) is 0 Å². The molecule has 4 rings (SSSR count). The summed E-state index contributed by atoms with van der Waals surface area (Å²) in [5.74, 6) is -0.995. The molecule has 0 aliphatic carbocycles. The van der Waals surface area contributed by atoms with Gasteiger partial charge in [-0.2, -0.15) is 19.9 Å². The second-order valence-corrected chi connectivity index (χ2v) is 7.10. The zero-order valence-corrected chi connectivity index (χ0v) is 17.8. The molecule has 3 heterocycles. The molecular weight excluding hydrogens is 433 g/mol. The lowest BCUT2D eigenvalue weighted by Gasteiger charge is -2.09. The van der Waals surface area contributed by atoms with Crippen LogP contribution in [-0.2, 0) is 14.3 Å². The first-order chi connectivity index (χ1) is 15.9. The number of aromatic nitrogens is 6. The average Bonchev–Trinajstić information content (AvgIpc) is 3.37. The highest BCUT2D eigenvalue weighted by Gasteiger charge is 2.17. The van der Waals surface area contributed by atoms with Gasteiger partial charge in [0.15, 0.2) is 5.65 Å². The van der Waals surface area contributed by atoms with Gasteiger partial charge in [0.2, 0.25) is 11.9 Å². The Morgan fingerprint density at radius 3 is 2.67 bits per heavy atom. The van der Waals surface area contributed by atoms with E-state index in [-0.39, 0.29) is 42.2 Å². The molecule has 33 heavy (non-hydrogen) atoms. The number of halogens is 1. The van der Waals surface area contributed by atoms with Crippen LogP contribution in [0.15, 0.2) is 41.3 Å². The number of ether oxygens (including phenoxy) is 1. The lowest BCUT2D eigenvalue weighted by atomic mass is 10.3. The van der Waals surface area contributed by atoms with Gasteiger partial charge in [0.25, 0.3) is 5.56 Å². The fourth-order valence-electron chi connectivity index (χ4n) is 3.18. The number of nitrogens with one attached hydrogen (secondary N) is 2. The summed E-state index contributed by atoms with van der Waals surface area (Å²) in [6.07, 6.45) is 1.22. The number of carbonyl (C=O) groups excluding carboxylic acids is 2. The van der Waals surface area contributed by atoms with Gasteiger partial charge in [0.05, 0.1) is 30.6 Å². The number of benzene rings is 1. The third-order valence-corrected chi connectivity index (χ3v) is 4.66. The molecule has 170 valence electrons. The normalized spacial score (nSPS) is 11.0. The van der Waals surface area contributed by atoms with Gasteiger partial charge in [-0.1, -0.05) is 0 Å². The number of H-pyrrole nitrogens is 1. The second kappa shape index (κ2) is 9.02. The highest BCUT2D eigenvalue weighted by molar-refractivity contribution is 5.92. The third kappa shape index (κ3) is 4.63. The minimum absolute atomic E-state index is 0.0464. The van der Waals surface area contributed by atoms with Crippen molar-refractivity contribution in [2.24, 2.45) is 0 Å². The molecule has 1 amide bonds. The molecule has 0 spiro atoms. The third-order valence-electron chi connectivity index (χ3n) is 4.66. The van der Waals surface area contributed by atoms with E-state index in [0.717, 1.165) is 0 Å². The van der Waals surface area contributed by atoms with Crippen LogP contribution in [-0.4, -0.2) is 48.0 Å². The van der Waals surface area contributed by atoms with Crippen molar-refractivity contribution < 1.29 is 18.7 Å². The zero-order chi connectivity index (χ0) is 23.5. The van der Waals surface area contributed by atoms with E-state index in [1.54, 1.807) is 19.9 Å². The maximum atomic E-state index is 13.3. The quantitative estimate of drug-likeness (QED) is 0.409. The average molecular weight is 453 g/mol. The Bertz CT molecular complexity index is 1390. The number of nitrogens with zero attached hydrogens (tertiary/aromatic N) is 5. The molecule has 0 saturated heterocycles. The van der Waals surface area contributed by atoms with Crippen LogP contribution < -0.4 is 10.9 Å². The lowest BCUT2D eigenvalue weighted by molar-refractivity contribution is -0.144. The second-order valence-electron chi connectivity index (χ2n) is 7.10. The van der Waals surface area contributed by atoms with Gasteiger partial charge in [-0.25, -0.2) is 9.07 Å². The predicted molar refractivity (Wildman–Crippen MR) is 116 cm³/mol. The summed E-state index contributed by atoms with van der Waals surface area (Å²) in [6.45, 7) is 3.64. The fourth-order valence-corrected chi connectivity index (χ4v) is 3.18. The van der Waals surface area contributed by atoms with Crippen LogP contribution in [0.25, 0.3) is 22.7 Å². The van der Waals surface area contributed by atoms with E-state index in [0.29, 0.717) is 11.4 Å². The number of aromatic amines is 1. The zero-order valence-electron chi connectivity index (χ0n) is 17.8. The molecule has 1 aromatic carbocycles. The SMILES string of the molecule is CCOC(=O)CCC(=O)Nc1cc(C)nn1-c1nc2c(cnn2-c2ccc(F)cc2)c(=O)[nH]1. The molecule has 11 nitrogen and oxygen atoms in total. The number of hydrogen-bond acceptors (Lipinski definition) is 7. The highest BCUT2D eigenvalue weighted by atomic mass is 19.1. The molecule has 12 heteroatoms. The van der Waals surface area contributed by atoms with Crippen molar-refractivity contribution in [1.82, 2.24) is 29.5 Å². The molecule has 0 bridgehead atoms. The van der Waals surface area contributed by atoms with Crippen LogP contribution in [0.1, 0.15) is 25.5 Å². The molecule has 0 radical (unpaired) electrons. The Balaban J connectivity index is 1.67. The Hall–Kier alpha value is -4.35. The van der Waals surface area contributed by atoms with Crippen LogP contribution in [0.5, 0.6) is 0 Å². The maximum Gasteiger partial charge on any atom is 0.306 e. The largest absolute Gasteiger partial charge is 0.466 e. The molecule has 0 aliphatic rings. The van der Waals surface area contributed by atoms with E-state index in [4.69, 9.17) is 4.74 Å². The number of carbonyl (C=O) groups is 2. The molecule has 4 aromatic rings. The lowest BCUT2D eigenvalue weighted by Crippen LogP contribution is -2.19. The fraction of sp³-hybridized carbons (Fsp3) is 0.238. The Labute approximate surface area is 186 Å². The minimum atomic E-state index is -0.470. The van der Waals surface area contributed by atoms with E-state index in [1.807, 2.05) is 0 Å². The molecule has 3 aromatic heterocycles. The Morgan fingerprint density at radius 2 is 1.94 bits per heavy atom. The van der Waals surface area contributed by atoms with Gasteiger partial charge in [0, 0.05) is 12.5 Å². The molecule has 0 aliphatic heterocycles. The summed E-state index contributed by atoms with van der Waals surface area (Å²) in [4.78, 5) is 43.6. The molecule has 0 unspecified atom stereocenters. The standard InChI is InChI=1S/C21H20FN7O4/c1-3-33-18(31)9-8-17(30)24-16-10-12(2)27-29(16)21-25-19-15(20(32)26-21)11-23-28(19)14-6-4-13(22)5-7-14/h4-7,10-11H,3,8-9H2,1-2H3,(H,24,30)(H,25,26,32). The molecule has 0 atom stereocenters. The van der Waals surface area contributed by atoms with Crippen molar-refractivity contribution in [1.29, 1.82) is 0 Å². The summed E-state index contributed by atoms with van der Waals surface area (Å²) >= 11 is 0. The predicted octanol–water partition coefficient (Wildman–Crippen LogP) is 2.02. The van der Waals surface area contributed by atoms with Gasteiger partial charge in [0.1, 0.15) is 17.0 Å². The van der Waals surface area contributed by atoms with Crippen molar-refractivity contribution in [2.75, 3.05) is 11.9 Å². The van der Waals surface area contributed by atoms with Gasteiger partial charge in [-0.15, -0.1) is 0 Å². The molecule has 0 fully saturated rings.